The van der Waals surface area contributed by atoms with Crippen LogP contribution >= 0.6 is 0 Å². The molecule has 0 bridgehead atoms. The highest BCUT2D eigenvalue weighted by atomic mass is 16.5. The quantitative estimate of drug-likeness (QED) is 0.403. The second-order valence-electron chi connectivity index (χ2n) is 4.32. The van der Waals surface area contributed by atoms with Crippen LogP contribution in [0.15, 0.2) is 24.3 Å². The molecule has 0 aromatic rings. The molecule has 0 radical (unpaired) electrons. The van der Waals surface area contributed by atoms with E-state index >= 15 is 0 Å². The number of carbonyl (C=O) groups is 1. The molecule has 0 heterocycles. The van der Waals surface area contributed by atoms with Crippen molar-refractivity contribution in [2.75, 3.05) is 13.2 Å². The minimum absolute atomic E-state index is 0.513. The lowest BCUT2D eigenvalue weighted by Crippen LogP contribution is -2.10. The summed E-state index contributed by atoms with van der Waals surface area (Å²) in [5, 5.41) is 0. The Morgan fingerprint density at radius 2 is 2.18 bits per heavy atom. The van der Waals surface area contributed by atoms with Crippen LogP contribution in [-0.2, 0) is 9.53 Å². The first-order valence-corrected chi connectivity index (χ1v) is 6.56. The third kappa shape index (κ3) is 10.0. The average molecular weight is 238 g/mol. The Balaban J connectivity index is 3.80. The maximum atomic E-state index is 10.4. The topological polar surface area (TPSA) is 26.3 Å². The van der Waals surface area contributed by atoms with Gasteiger partial charge in [0, 0.05) is 19.6 Å². The van der Waals surface area contributed by atoms with E-state index in [2.05, 4.69) is 12.7 Å². The summed E-state index contributed by atoms with van der Waals surface area (Å²) in [5.41, 5.74) is 1.18. The van der Waals surface area contributed by atoms with Crippen molar-refractivity contribution in [3.05, 3.63) is 24.3 Å². The molecule has 0 aliphatic heterocycles. The lowest BCUT2D eigenvalue weighted by molar-refractivity contribution is -0.108. The summed E-state index contributed by atoms with van der Waals surface area (Å²) in [6, 6.07) is 0. The Labute approximate surface area is 106 Å². The van der Waals surface area contributed by atoms with Crippen LogP contribution in [0.25, 0.3) is 0 Å². The molecule has 0 amide bonds. The number of rotatable bonds is 11. The molecular formula is C15H26O2. The van der Waals surface area contributed by atoms with Crippen molar-refractivity contribution in [2.45, 2.75) is 46.0 Å². The van der Waals surface area contributed by atoms with E-state index in [4.69, 9.17) is 4.74 Å². The molecule has 0 aliphatic carbocycles. The molecule has 0 rings (SSSR count). The van der Waals surface area contributed by atoms with Crippen LogP contribution in [0.1, 0.15) is 46.0 Å². The van der Waals surface area contributed by atoms with E-state index in [1.165, 1.54) is 5.57 Å². The number of aldehydes is 1. The van der Waals surface area contributed by atoms with Gasteiger partial charge in [-0.1, -0.05) is 24.3 Å². The fraction of sp³-hybridized carbons (Fsp3) is 0.667. The zero-order valence-electron chi connectivity index (χ0n) is 11.3. The molecule has 0 spiro atoms. The molecule has 1 unspecified atom stereocenters. The van der Waals surface area contributed by atoms with Crippen LogP contribution in [0.2, 0.25) is 0 Å². The van der Waals surface area contributed by atoms with Gasteiger partial charge in [-0.25, -0.2) is 0 Å². The molecule has 0 saturated heterocycles. The molecule has 2 heteroatoms. The minimum atomic E-state index is 0.513. The molecule has 1 atom stereocenters. The lowest BCUT2D eigenvalue weighted by atomic mass is 9.96. The first-order valence-electron chi connectivity index (χ1n) is 6.56. The van der Waals surface area contributed by atoms with Gasteiger partial charge >= 0.3 is 0 Å². The van der Waals surface area contributed by atoms with E-state index in [-0.39, 0.29) is 0 Å². The van der Waals surface area contributed by atoms with E-state index in [0.717, 1.165) is 45.2 Å². The molecule has 0 fully saturated rings. The summed E-state index contributed by atoms with van der Waals surface area (Å²) in [6.45, 7) is 9.53. The van der Waals surface area contributed by atoms with Gasteiger partial charge in [0.1, 0.15) is 6.29 Å². The van der Waals surface area contributed by atoms with Gasteiger partial charge in [-0.3, -0.25) is 0 Å². The Morgan fingerprint density at radius 3 is 2.76 bits per heavy atom. The van der Waals surface area contributed by atoms with Crippen molar-refractivity contribution in [3.63, 3.8) is 0 Å². The summed E-state index contributed by atoms with van der Waals surface area (Å²) in [5.74, 6) is 0.513. The van der Waals surface area contributed by atoms with E-state index in [1.807, 2.05) is 19.9 Å². The van der Waals surface area contributed by atoms with Gasteiger partial charge in [-0.2, -0.15) is 0 Å². The molecule has 0 aromatic carbocycles. The van der Waals surface area contributed by atoms with Gasteiger partial charge in [-0.15, -0.1) is 0 Å². The molecular weight excluding hydrogens is 212 g/mol. The Kier molecular flexibility index (Phi) is 11.0. The Morgan fingerprint density at radius 1 is 1.41 bits per heavy atom. The van der Waals surface area contributed by atoms with Crippen molar-refractivity contribution in [3.8, 4) is 0 Å². The fourth-order valence-electron chi connectivity index (χ4n) is 1.84. The molecule has 17 heavy (non-hydrogen) atoms. The Bertz CT molecular complexity index is 231. The van der Waals surface area contributed by atoms with Crippen LogP contribution in [0.4, 0.5) is 0 Å². The standard InChI is InChI=1S/C15H26O2/c1-4-8-14(3)9-6-10-15(11-7-12-16)13-17-5-2/h4,8,12,15H,3,5-7,9-11,13H2,1-2H3/b8-4-. The first kappa shape index (κ1) is 16.1. The third-order valence-electron chi connectivity index (χ3n) is 2.76. The summed E-state index contributed by atoms with van der Waals surface area (Å²) < 4.78 is 5.45. The SMILES string of the molecule is C=C(/C=C\C)CCCC(CCC=O)COCC. The zero-order chi connectivity index (χ0) is 12.9. The highest BCUT2D eigenvalue weighted by Gasteiger charge is 2.08. The largest absolute Gasteiger partial charge is 0.381 e. The lowest BCUT2D eigenvalue weighted by Gasteiger charge is -2.15. The van der Waals surface area contributed by atoms with E-state index in [9.17, 15) is 4.79 Å². The number of ether oxygens (including phenoxy) is 1. The highest BCUT2D eigenvalue weighted by Crippen LogP contribution is 2.17. The minimum Gasteiger partial charge on any atom is -0.381 e. The predicted molar refractivity (Wildman–Crippen MR) is 73.1 cm³/mol. The van der Waals surface area contributed by atoms with Crippen LogP contribution in [0.5, 0.6) is 0 Å². The van der Waals surface area contributed by atoms with Crippen molar-refractivity contribution in [1.82, 2.24) is 0 Å². The number of hydrogen-bond donors (Lipinski definition) is 0. The summed E-state index contributed by atoms with van der Waals surface area (Å²) >= 11 is 0. The van der Waals surface area contributed by atoms with E-state index in [0.29, 0.717) is 12.3 Å². The fourth-order valence-corrected chi connectivity index (χ4v) is 1.84. The van der Waals surface area contributed by atoms with Crippen molar-refractivity contribution >= 4 is 6.29 Å². The second-order valence-corrected chi connectivity index (χ2v) is 4.32. The monoisotopic (exact) mass is 238 g/mol. The maximum absolute atomic E-state index is 10.4. The van der Waals surface area contributed by atoms with Crippen molar-refractivity contribution < 1.29 is 9.53 Å². The van der Waals surface area contributed by atoms with Crippen LogP contribution < -0.4 is 0 Å². The van der Waals surface area contributed by atoms with Gasteiger partial charge < -0.3 is 9.53 Å². The second kappa shape index (κ2) is 11.6. The Hall–Kier alpha value is -0.890. The predicted octanol–water partition coefficient (Wildman–Crippen LogP) is 3.92. The normalized spacial score (nSPS) is 12.8. The van der Waals surface area contributed by atoms with E-state index < -0.39 is 0 Å². The number of allylic oxidation sites excluding steroid dienone is 3. The maximum Gasteiger partial charge on any atom is 0.120 e. The van der Waals surface area contributed by atoms with Crippen molar-refractivity contribution in [2.24, 2.45) is 5.92 Å². The van der Waals surface area contributed by atoms with Gasteiger partial charge in [0.25, 0.3) is 0 Å². The van der Waals surface area contributed by atoms with Gasteiger partial charge in [0.05, 0.1) is 0 Å². The van der Waals surface area contributed by atoms with Crippen LogP contribution in [0.3, 0.4) is 0 Å². The van der Waals surface area contributed by atoms with Gasteiger partial charge in [-0.05, 0) is 45.4 Å². The molecule has 0 aliphatic rings. The number of hydrogen-bond acceptors (Lipinski definition) is 2. The zero-order valence-corrected chi connectivity index (χ0v) is 11.3. The van der Waals surface area contributed by atoms with Crippen LogP contribution in [0, 0.1) is 5.92 Å². The first-order chi connectivity index (χ1) is 8.24. The molecule has 0 N–H and O–H groups in total. The van der Waals surface area contributed by atoms with Gasteiger partial charge in [0.15, 0.2) is 0 Å². The third-order valence-corrected chi connectivity index (χ3v) is 2.76. The average Bonchev–Trinajstić information content (AvgIpc) is 2.32. The van der Waals surface area contributed by atoms with Gasteiger partial charge in [0.2, 0.25) is 0 Å². The molecule has 0 saturated carbocycles. The smallest absolute Gasteiger partial charge is 0.120 e. The van der Waals surface area contributed by atoms with Crippen molar-refractivity contribution in [1.29, 1.82) is 0 Å². The summed E-state index contributed by atoms with van der Waals surface area (Å²) in [6.07, 6.45) is 9.94. The van der Waals surface area contributed by atoms with E-state index in [1.54, 1.807) is 0 Å². The molecule has 2 nitrogen and oxygen atoms in total. The van der Waals surface area contributed by atoms with Crippen LogP contribution in [-0.4, -0.2) is 19.5 Å². The molecule has 0 aromatic heterocycles. The molecule has 98 valence electrons. The number of carbonyl (C=O) groups excluding carboxylic acids is 1. The highest BCUT2D eigenvalue weighted by molar-refractivity contribution is 5.49. The summed E-state index contributed by atoms with van der Waals surface area (Å²) in [7, 11) is 0. The summed E-state index contributed by atoms with van der Waals surface area (Å²) in [4.78, 5) is 10.4.